The number of pyridine rings is 1. The Kier molecular flexibility index (Phi) is 5.09. The summed E-state index contributed by atoms with van der Waals surface area (Å²) in [5, 5.41) is 0.812. The molecule has 0 aliphatic rings. The van der Waals surface area contributed by atoms with Crippen molar-refractivity contribution in [1.82, 2.24) is 4.57 Å². The molecule has 0 spiro atoms. The van der Waals surface area contributed by atoms with Gasteiger partial charge in [0, 0.05) is 18.1 Å². The van der Waals surface area contributed by atoms with E-state index in [-0.39, 0.29) is 17.9 Å². The molecule has 5 heteroatoms. The van der Waals surface area contributed by atoms with E-state index in [0.717, 1.165) is 23.7 Å². The quantitative estimate of drug-likeness (QED) is 0.485. The number of hydrogen-bond acceptors (Lipinski definition) is 4. The number of hydrogen-bond donors (Lipinski definition) is 1. The van der Waals surface area contributed by atoms with Crippen LogP contribution >= 0.6 is 0 Å². The van der Waals surface area contributed by atoms with Crippen molar-refractivity contribution < 1.29 is 9.47 Å². The number of fused-ring (bicyclic) bond motifs is 1. The van der Waals surface area contributed by atoms with Gasteiger partial charge in [-0.3, -0.25) is 4.79 Å². The third-order valence-electron chi connectivity index (χ3n) is 3.42. The van der Waals surface area contributed by atoms with Gasteiger partial charge in [-0.25, -0.2) is 0 Å². The molecular formula is C17H22N2O3. The van der Waals surface area contributed by atoms with E-state index in [9.17, 15) is 4.79 Å². The number of nitrogens with zero attached hydrogens (tertiary/aromatic N) is 1. The van der Waals surface area contributed by atoms with Gasteiger partial charge in [0.15, 0.2) is 5.75 Å². The maximum Gasteiger partial charge on any atom is 0.297 e. The molecule has 118 valence electrons. The zero-order valence-electron chi connectivity index (χ0n) is 13.1. The van der Waals surface area contributed by atoms with Gasteiger partial charge < -0.3 is 19.8 Å². The highest BCUT2D eigenvalue weighted by molar-refractivity contribution is 5.90. The Bertz CT molecular complexity index is 735. The number of benzene rings is 1. The Hall–Kier alpha value is -2.43. The van der Waals surface area contributed by atoms with E-state index in [1.165, 1.54) is 4.57 Å². The van der Waals surface area contributed by atoms with Gasteiger partial charge in [0.25, 0.3) is 5.56 Å². The first kappa shape index (κ1) is 15.9. The molecule has 0 aliphatic carbocycles. The molecule has 0 radical (unpaired) electrons. The van der Waals surface area contributed by atoms with E-state index in [1.807, 2.05) is 6.07 Å². The highest BCUT2D eigenvalue weighted by Gasteiger charge is 2.18. The molecule has 22 heavy (non-hydrogen) atoms. The van der Waals surface area contributed by atoms with Gasteiger partial charge in [-0.2, -0.15) is 0 Å². The normalized spacial score (nSPS) is 10.6. The van der Waals surface area contributed by atoms with Gasteiger partial charge in [-0.1, -0.05) is 26.0 Å². The Labute approximate surface area is 130 Å². The monoisotopic (exact) mass is 302 g/mol. The van der Waals surface area contributed by atoms with E-state index in [2.05, 4.69) is 13.5 Å². The van der Waals surface area contributed by atoms with Crippen LogP contribution in [0.3, 0.4) is 0 Å². The number of nitrogen functional groups attached to an aromatic ring is 1. The van der Waals surface area contributed by atoms with Crippen LogP contribution in [0.25, 0.3) is 10.9 Å². The van der Waals surface area contributed by atoms with Crippen LogP contribution in [-0.4, -0.2) is 17.8 Å². The molecule has 0 aliphatic heterocycles. The third-order valence-corrected chi connectivity index (χ3v) is 3.42. The summed E-state index contributed by atoms with van der Waals surface area (Å²) in [7, 11) is 1.70. The summed E-state index contributed by atoms with van der Waals surface area (Å²) in [6.45, 7) is 6.49. The van der Waals surface area contributed by atoms with E-state index >= 15 is 0 Å². The molecule has 0 unspecified atom stereocenters. The first-order chi connectivity index (χ1) is 10.6. The van der Waals surface area contributed by atoms with E-state index in [0.29, 0.717) is 18.0 Å². The van der Waals surface area contributed by atoms with E-state index < -0.39 is 0 Å². The fourth-order valence-electron chi connectivity index (χ4n) is 2.23. The molecule has 2 N–H and O–H groups in total. The molecule has 0 fully saturated rings. The highest BCUT2D eigenvalue weighted by Crippen LogP contribution is 2.33. The van der Waals surface area contributed by atoms with Crippen LogP contribution in [0.15, 0.2) is 35.6 Å². The van der Waals surface area contributed by atoms with E-state index in [4.69, 9.17) is 15.2 Å². The average Bonchev–Trinajstić information content (AvgIpc) is 2.51. The van der Waals surface area contributed by atoms with Gasteiger partial charge in [0.2, 0.25) is 5.75 Å². The minimum absolute atomic E-state index is 0.218. The number of aromatic nitrogens is 1. The molecule has 2 rings (SSSR count). The number of unbranched alkanes of at least 4 members (excludes halogenated alkanes) is 1. The number of rotatable bonds is 7. The summed E-state index contributed by atoms with van der Waals surface area (Å²) < 4.78 is 12.9. The summed E-state index contributed by atoms with van der Waals surface area (Å²) in [4.78, 5) is 12.5. The zero-order chi connectivity index (χ0) is 16.1. The first-order valence-corrected chi connectivity index (χ1v) is 7.38. The largest absolute Gasteiger partial charge is 0.489 e. The third kappa shape index (κ3) is 3.08. The first-order valence-electron chi connectivity index (χ1n) is 7.38. The van der Waals surface area contributed by atoms with Gasteiger partial charge in [-0.05, 0) is 24.6 Å². The van der Waals surface area contributed by atoms with Gasteiger partial charge in [0.1, 0.15) is 6.61 Å². The molecule has 1 aromatic carbocycles. The Morgan fingerprint density at radius 2 is 2.09 bits per heavy atom. The summed E-state index contributed by atoms with van der Waals surface area (Å²) >= 11 is 0. The summed E-state index contributed by atoms with van der Waals surface area (Å²) in [6.07, 6.45) is 3.52. The van der Waals surface area contributed by atoms with Crippen molar-refractivity contribution in [3.05, 3.63) is 41.2 Å². The van der Waals surface area contributed by atoms with Crippen molar-refractivity contribution in [3.63, 3.8) is 0 Å². The number of nitrogens with two attached hydrogens (primary N) is 1. The topological polar surface area (TPSA) is 66.5 Å². The maximum atomic E-state index is 12.5. The lowest BCUT2D eigenvalue weighted by Gasteiger charge is -2.16. The molecule has 5 nitrogen and oxygen atoms in total. The van der Waals surface area contributed by atoms with Crippen LogP contribution < -0.4 is 20.8 Å². The zero-order valence-corrected chi connectivity index (χ0v) is 13.1. The molecule has 1 aromatic heterocycles. The molecule has 0 atom stereocenters. The number of ether oxygens (including phenoxy) is 2. The van der Waals surface area contributed by atoms with Crippen molar-refractivity contribution in [2.75, 3.05) is 18.9 Å². The van der Waals surface area contributed by atoms with Crippen LogP contribution in [0.2, 0.25) is 0 Å². The second-order valence-corrected chi connectivity index (χ2v) is 5.10. The van der Waals surface area contributed by atoms with Crippen molar-refractivity contribution in [2.24, 2.45) is 7.05 Å². The van der Waals surface area contributed by atoms with Gasteiger partial charge in [-0.15, -0.1) is 0 Å². The van der Waals surface area contributed by atoms with Gasteiger partial charge >= 0.3 is 0 Å². The van der Waals surface area contributed by atoms with Crippen LogP contribution in [0, 0.1) is 0 Å². The number of aryl methyl sites for hydroxylation is 1. The molecular weight excluding hydrogens is 280 g/mol. The minimum atomic E-state index is -0.244. The van der Waals surface area contributed by atoms with Crippen LogP contribution in [0.5, 0.6) is 11.5 Å². The second kappa shape index (κ2) is 7.02. The van der Waals surface area contributed by atoms with Crippen molar-refractivity contribution >= 4 is 16.6 Å². The Morgan fingerprint density at radius 1 is 1.32 bits per heavy atom. The van der Waals surface area contributed by atoms with Crippen LogP contribution in [0.4, 0.5) is 5.69 Å². The van der Waals surface area contributed by atoms with Crippen molar-refractivity contribution in [1.29, 1.82) is 0 Å². The average molecular weight is 302 g/mol. The fourth-order valence-corrected chi connectivity index (χ4v) is 2.23. The summed E-state index contributed by atoms with van der Waals surface area (Å²) in [5.41, 5.74) is 6.91. The molecule has 0 saturated heterocycles. The predicted octanol–water partition coefficient (Wildman–Crippen LogP) is 2.86. The van der Waals surface area contributed by atoms with Crippen molar-refractivity contribution in [3.8, 4) is 11.5 Å². The fraction of sp³-hybridized carbons (Fsp3) is 0.353. The molecule has 0 saturated carbocycles. The molecule has 2 aromatic rings. The minimum Gasteiger partial charge on any atom is -0.489 e. The van der Waals surface area contributed by atoms with Crippen LogP contribution in [-0.2, 0) is 7.05 Å². The second-order valence-electron chi connectivity index (χ2n) is 5.10. The lowest BCUT2D eigenvalue weighted by atomic mass is 10.1. The van der Waals surface area contributed by atoms with Gasteiger partial charge in [0.05, 0.1) is 12.1 Å². The Balaban J connectivity index is 2.64. The Morgan fingerprint density at radius 3 is 2.77 bits per heavy atom. The molecule has 0 bridgehead atoms. The summed E-state index contributed by atoms with van der Waals surface area (Å²) in [5.74, 6) is 0.698. The smallest absolute Gasteiger partial charge is 0.297 e. The number of anilines is 1. The summed E-state index contributed by atoms with van der Waals surface area (Å²) in [6, 6.07) is 5.41. The lowest BCUT2D eigenvalue weighted by Crippen LogP contribution is -2.21. The molecule has 0 amide bonds. The lowest BCUT2D eigenvalue weighted by molar-refractivity contribution is 0.279. The van der Waals surface area contributed by atoms with Crippen LogP contribution in [0.1, 0.15) is 19.8 Å². The predicted molar refractivity (Wildman–Crippen MR) is 89.7 cm³/mol. The highest BCUT2D eigenvalue weighted by atomic mass is 16.5. The standard InChI is InChI=1S/C17H22N2O3/c1-4-6-10-22-15-13-8-7-12(18)11-14(13)19(3)17(20)16(15)21-9-5-2/h5,7-8,11H,2,4,6,9-10,18H2,1,3H3. The van der Waals surface area contributed by atoms with E-state index in [1.54, 1.807) is 25.3 Å². The van der Waals surface area contributed by atoms with Crippen molar-refractivity contribution in [2.45, 2.75) is 19.8 Å². The maximum absolute atomic E-state index is 12.5. The SMILES string of the molecule is C=CCOc1c(OCCCC)c2ccc(N)cc2n(C)c1=O. The molecule has 1 heterocycles.